The Labute approximate surface area is 186 Å². The van der Waals surface area contributed by atoms with Gasteiger partial charge in [-0.2, -0.15) is 0 Å². The minimum Gasteiger partial charge on any atom is -0.326 e. The van der Waals surface area contributed by atoms with E-state index in [0.29, 0.717) is 13.0 Å². The molecule has 178 valence electrons. The van der Waals surface area contributed by atoms with E-state index in [1.807, 2.05) is 14.1 Å². The molecule has 0 N–H and O–H groups in total. The summed E-state index contributed by atoms with van der Waals surface area (Å²) in [6, 6.07) is 0. The number of ether oxygens (including phenoxy) is 3. The van der Waals surface area contributed by atoms with Gasteiger partial charge in [-0.15, -0.1) is 0 Å². The molecule has 1 aliphatic rings. The van der Waals surface area contributed by atoms with Gasteiger partial charge in [-0.3, -0.25) is 4.79 Å². The Bertz CT molecular complexity index is 404. The highest BCUT2D eigenvalue weighted by Crippen LogP contribution is 2.26. The molecule has 0 aliphatic carbocycles. The topological polar surface area (TPSA) is 48.0 Å². The number of carbonyl (C=O) groups is 1. The first kappa shape index (κ1) is 27.5. The van der Waals surface area contributed by atoms with Gasteiger partial charge in [0.15, 0.2) is 5.78 Å². The SMILES string of the molecule is CCCCCCCCCCCCCCCCCC1(OCCN(C)C)OCC(=O)CO1. The van der Waals surface area contributed by atoms with E-state index < -0.39 is 5.97 Å². The predicted octanol–water partition coefficient (Wildman–Crippen LogP) is 6.10. The standard InChI is InChI=1S/C25H49NO4/c1-4-5-6-7-8-9-10-11-12-13-14-15-16-17-18-19-25(28-21-20-26(2)3)29-22-24(27)23-30-25/h4-23H2,1-3H3. The van der Waals surface area contributed by atoms with E-state index in [2.05, 4.69) is 11.8 Å². The highest BCUT2D eigenvalue weighted by Gasteiger charge is 2.38. The third-order valence-corrected chi connectivity index (χ3v) is 5.85. The maximum Gasteiger partial charge on any atom is 0.283 e. The number of unbranched alkanes of at least 4 members (excludes halogenated alkanes) is 14. The summed E-state index contributed by atoms with van der Waals surface area (Å²) in [5, 5.41) is 0. The van der Waals surface area contributed by atoms with Crippen molar-refractivity contribution in [3.63, 3.8) is 0 Å². The highest BCUT2D eigenvalue weighted by atomic mass is 16.9. The van der Waals surface area contributed by atoms with Gasteiger partial charge in [0.25, 0.3) is 5.97 Å². The molecule has 0 amide bonds. The summed E-state index contributed by atoms with van der Waals surface area (Å²) >= 11 is 0. The van der Waals surface area contributed by atoms with Crippen molar-refractivity contribution in [2.45, 2.75) is 116 Å². The van der Waals surface area contributed by atoms with Crippen molar-refractivity contribution >= 4 is 5.78 Å². The Kier molecular flexibility index (Phi) is 16.6. The smallest absolute Gasteiger partial charge is 0.283 e. The van der Waals surface area contributed by atoms with Gasteiger partial charge in [-0.1, -0.05) is 96.8 Å². The second kappa shape index (κ2) is 18.1. The maximum absolute atomic E-state index is 11.4. The van der Waals surface area contributed by atoms with Crippen LogP contribution < -0.4 is 0 Å². The van der Waals surface area contributed by atoms with E-state index in [1.54, 1.807) is 0 Å². The fraction of sp³-hybridized carbons (Fsp3) is 0.960. The van der Waals surface area contributed by atoms with E-state index in [-0.39, 0.29) is 19.0 Å². The lowest BCUT2D eigenvalue weighted by Crippen LogP contribution is -2.47. The predicted molar refractivity (Wildman–Crippen MR) is 124 cm³/mol. The third kappa shape index (κ3) is 14.5. The lowest BCUT2D eigenvalue weighted by atomic mass is 10.0. The second-order valence-electron chi connectivity index (χ2n) is 9.15. The number of carbonyl (C=O) groups excluding carboxylic acids is 1. The Morgan fingerprint density at radius 2 is 1.20 bits per heavy atom. The van der Waals surface area contributed by atoms with Crippen LogP contribution in [0.1, 0.15) is 110 Å². The molecule has 0 radical (unpaired) electrons. The monoisotopic (exact) mass is 427 g/mol. The van der Waals surface area contributed by atoms with Gasteiger partial charge >= 0.3 is 0 Å². The summed E-state index contributed by atoms with van der Waals surface area (Å²) < 4.78 is 17.2. The van der Waals surface area contributed by atoms with Crippen LogP contribution in [0.25, 0.3) is 0 Å². The fourth-order valence-electron chi connectivity index (χ4n) is 3.86. The molecule has 1 aliphatic heterocycles. The van der Waals surface area contributed by atoms with E-state index in [9.17, 15) is 4.79 Å². The summed E-state index contributed by atoms with van der Waals surface area (Å²) in [6.07, 6.45) is 20.9. The summed E-state index contributed by atoms with van der Waals surface area (Å²) in [5.74, 6) is -1.03. The average molecular weight is 428 g/mol. The molecule has 1 fully saturated rings. The van der Waals surface area contributed by atoms with E-state index in [4.69, 9.17) is 14.2 Å². The molecule has 0 aromatic carbocycles. The molecule has 0 aromatic rings. The number of rotatable bonds is 20. The summed E-state index contributed by atoms with van der Waals surface area (Å²) in [7, 11) is 4.02. The Morgan fingerprint density at radius 3 is 1.63 bits per heavy atom. The molecule has 5 heteroatoms. The van der Waals surface area contributed by atoms with Crippen LogP contribution in [0.3, 0.4) is 0 Å². The molecule has 5 nitrogen and oxygen atoms in total. The van der Waals surface area contributed by atoms with Gasteiger partial charge in [0.1, 0.15) is 13.2 Å². The highest BCUT2D eigenvalue weighted by molar-refractivity contribution is 5.81. The van der Waals surface area contributed by atoms with E-state index in [1.165, 1.54) is 83.5 Å². The molecule has 0 aromatic heterocycles. The zero-order chi connectivity index (χ0) is 21.9. The first-order valence-electron chi connectivity index (χ1n) is 12.7. The van der Waals surface area contributed by atoms with E-state index in [0.717, 1.165) is 19.4 Å². The third-order valence-electron chi connectivity index (χ3n) is 5.85. The quantitative estimate of drug-likeness (QED) is 0.220. The van der Waals surface area contributed by atoms with Crippen LogP contribution in [0, 0.1) is 0 Å². The second-order valence-corrected chi connectivity index (χ2v) is 9.15. The fourth-order valence-corrected chi connectivity index (χ4v) is 3.86. The van der Waals surface area contributed by atoms with Crippen molar-refractivity contribution in [3.05, 3.63) is 0 Å². The first-order valence-corrected chi connectivity index (χ1v) is 12.7. The first-order chi connectivity index (χ1) is 14.6. The molecule has 30 heavy (non-hydrogen) atoms. The van der Waals surface area contributed by atoms with Gasteiger partial charge in [0.05, 0.1) is 6.61 Å². The Balaban J connectivity index is 1.98. The van der Waals surface area contributed by atoms with Gasteiger partial charge < -0.3 is 19.1 Å². The van der Waals surface area contributed by atoms with Crippen molar-refractivity contribution in [2.24, 2.45) is 0 Å². The largest absolute Gasteiger partial charge is 0.326 e. The molecule has 0 saturated carbocycles. The van der Waals surface area contributed by atoms with Crippen molar-refractivity contribution in [1.29, 1.82) is 0 Å². The number of hydrogen-bond donors (Lipinski definition) is 0. The van der Waals surface area contributed by atoms with Crippen LogP contribution in [0.4, 0.5) is 0 Å². The van der Waals surface area contributed by atoms with Gasteiger partial charge in [0, 0.05) is 13.0 Å². The number of nitrogens with zero attached hydrogens (tertiary/aromatic N) is 1. The summed E-state index contributed by atoms with van der Waals surface area (Å²) in [6.45, 7) is 3.82. The van der Waals surface area contributed by atoms with Gasteiger partial charge in [-0.25, -0.2) is 0 Å². The maximum atomic E-state index is 11.4. The zero-order valence-corrected chi connectivity index (χ0v) is 20.2. The van der Waals surface area contributed by atoms with Crippen molar-refractivity contribution in [1.82, 2.24) is 4.90 Å². The van der Waals surface area contributed by atoms with Crippen LogP contribution in [0.2, 0.25) is 0 Å². The molecule has 1 heterocycles. The molecule has 0 atom stereocenters. The van der Waals surface area contributed by atoms with Crippen LogP contribution in [-0.4, -0.2) is 57.1 Å². The molecular formula is C25H49NO4. The molecule has 0 unspecified atom stereocenters. The summed E-state index contributed by atoms with van der Waals surface area (Å²) in [5.41, 5.74) is 0. The van der Waals surface area contributed by atoms with Crippen molar-refractivity contribution < 1.29 is 19.0 Å². The number of likely N-dealkylation sites (N-methyl/N-ethyl adjacent to an activating group) is 1. The minimum absolute atomic E-state index is 0.0154. The average Bonchev–Trinajstić information content (AvgIpc) is 2.73. The van der Waals surface area contributed by atoms with Crippen LogP contribution in [0.15, 0.2) is 0 Å². The molecule has 0 spiro atoms. The van der Waals surface area contributed by atoms with E-state index >= 15 is 0 Å². The Hall–Kier alpha value is -0.490. The minimum atomic E-state index is -1.01. The lowest BCUT2D eigenvalue weighted by Gasteiger charge is -2.36. The number of Topliss-reactive ketones (excluding diaryl/α,β-unsaturated/α-hetero) is 1. The summed E-state index contributed by atoms with van der Waals surface area (Å²) in [4.78, 5) is 13.5. The lowest BCUT2D eigenvalue weighted by molar-refractivity contribution is -0.389. The molecule has 1 saturated heterocycles. The van der Waals surface area contributed by atoms with Crippen LogP contribution in [-0.2, 0) is 19.0 Å². The van der Waals surface area contributed by atoms with Gasteiger partial charge in [0.2, 0.25) is 0 Å². The molecular weight excluding hydrogens is 378 g/mol. The van der Waals surface area contributed by atoms with Crippen LogP contribution in [0.5, 0.6) is 0 Å². The number of ketones is 1. The van der Waals surface area contributed by atoms with Crippen molar-refractivity contribution in [3.8, 4) is 0 Å². The molecule has 0 bridgehead atoms. The van der Waals surface area contributed by atoms with Gasteiger partial charge in [-0.05, 0) is 20.5 Å². The van der Waals surface area contributed by atoms with Crippen LogP contribution >= 0.6 is 0 Å². The Morgan fingerprint density at radius 1 is 0.767 bits per heavy atom. The normalized spacial score (nSPS) is 16.5. The number of hydrogen-bond acceptors (Lipinski definition) is 5. The molecule has 1 rings (SSSR count). The van der Waals surface area contributed by atoms with Crippen molar-refractivity contribution in [2.75, 3.05) is 40.5 Å². The zero-order valence-electron chi connectivity index (χ0n) is 20.2.